The van der Waals surface area contributed by atoms with Crippen molar-refractivity contribution in [2.75, 3.05) is 19.6 Å². The second-order valence-corrected chi connectivity index (χ2v) is 10.0. The first kappa shape index (κ1) is 36.6. The highest BCUT2D eigenvalue weighted by Gasteiger charge is 2.43. The normalized spacial score (nSPS) is 15.1. The minimum Gasteiger partial charge on any atom is -0.453 e. The van der Waals surface area contributed by atoms with Gasteiger partial charge in [0.25, 0.3) is 11.4 Å². The molecule has 1 saturated heterocycles. The smallest absolute Gasteiger partial charge is 0.453 e. The van der Waals surface area contributed by atoms with Crippen LogP contribution in [-0.2, 0) is 37.0 Å². The zero-order valence-corrected chi connectivity index (χ0v) is 24.7. The second kappa shape index (κ2) is 16.6. The van der Waals surface area contributed by atoms with Gasteiger partial charge < -0.3 is 30.6 Å². The predicted octanol–water partition coefficient (Wildman–Crippen LogP) is 2.44. The lowest BCUT2D eigenvalue weighted by Crippen LogP contribution is -2.49. The summed E-state index contributed by atoms with van der Waals surface area (Å²) in [6.07, 6.45) is -10.7. The van der Waals surface area contributed by atoms with Crippen molar-refractivity contribution in [3.63, 3.8) is 0 Å². The number of guanidine groups is 1. The number of non-ortho nitro benzene ring substituents is 2. The van der Waals surface area contributed by atoms with E-state index in [0.717, 1.165) is 24.3 Å². The van der Waals surface area contributed by atoms with Gasteiger partial charge in [0, 0.05) is 36.9 Å². The van der Waals surface area contributed by atoms with Gasteiger partial charge in [0.1, 0.15) is 19.3 Å². The highest BCUT2D eigenvalue weighted by atomic mass is 19.4. The number of rotatable bonds is 12. The number of hydrogen-bond donors (Lipinski definition) is 3. The number of halogens is 3. The van der Waals surface area contributed by atoms with Gasteiger partial charge in [-0.25, -0.2) is 19.3 Å². The fraction of sp³-hybridized carbons (Fsp3) is 0.370. The number of nitrogens with zero attached hydrogens (tertiary/aromatic N) is 4. The molecule has 258 valence electrons. The van der Waals surface area contributed by atoms with E-state index in [1.807, 2.05) is 0 Å². The average Bonchev–Trinajstić information content (AvgIpc) is 3.54. The molecule has 3 amide bonds. The van der Waals surface area contributed by atoms with E-state index in [4.69, 9.17) is 15.2 Å². The van der Waals surface area contributed by atoms with E-state index in [-0.39, 0.29) is 23.0 Å². The minimum atomic E-state index is -5.48. The first-order chi connectivity index (χ1) is 22.6. The van der Waals surface area contributed by atoms with Crippen molar-refractivity contribution in [1.29, 1.82) is 0 Å². The number of benzene rings is 2. The molecule has 2 aromatic rings. The maximum absolute atomic E-state index is 13.1. The van der Waals surface area contributed by atoms with Crippen molar-refractivity contribution in [2.45, 2.75) is 44.4 Å². The molecule has 1 aliphatic rings. The van der Waals surface area contributed by atoms with Gasteiger partial charge in [-0.3, -0.25) is 25.0 Å². The summed E-state index contributed by atoms with van der Waals surface area (Å²) in [5.41, 5.74) is 5.87. The number of nitrogens with one attached hydrogen (secondary N) is 2. The topological polar surface area (TPSA) is 248 Å². The lowest BCUT2D eigenvalue weighted by molar-refractivity contribution is -0.385. The fourth-order valence-corrected chi connectivity index (χ4v) is 4.08. The molecule has 18 nitrogen and oxygen atoms in total. The summed E-state index contributed by atoms with van der Waals surface area (Å²) < 4.78 is 53.8. The molecular formula is C27H28F3N7O11. The zero-order valence-electron chi connectivity index (χ0n) is 24.7. The Morgan fingerprint density at radius 3 is 2.00 bits per heavy atom. The van der Waals surface area contributed by atoms with Crippen molar-refractivity contribution in [2.24, 2.45) is 10.7 Å². The SMILES string of the molecule is NC(=NC(=O)OCc1ccc([N+](=O)[O-])cc1)N(CC(CC(=O)N[C@H]1CCNC1)OC(=O)C(F)(F)F)C(=O)OCc1ccc([N+](=O)[O-])cc1. The van der Waals surface area contributed by atoms with Crippen LogP contribution in [0, 0.1) is 20.2 Å². The molecule has 3 rings (SSSR count). The van der Waals surface area contributed by atoms with Crippen LogP contribution in [0.1, 0.15) is 24.0 Å². The van der Waals surface area contributed by atoms with E-state index in [9.17, 15) is 52.6 Å². The summed E-state index contributed by atoms with van der Waals surface area (Å²) in [6.45, 7) is -1.11. The van der Waals surface area contributed by atoms with Gasteiger partial charge in [-0.1, -0.05) is 0 Å². The number of carbonyl (C=O) groups is 4. The number of nitrogens with two attached hydrogens (primary N) is 1. The lowest BCUT2D eigenvalue weighted by Gasteiger charge is -2.26. The Kier molecular flexibility index (Phi) is 12.7. The highest BCUT2D eigenvalue weighted by Crippen LogP contribution is 2.20. The third-order valence-electron chi connectivity index (χ3n) is 6.45. The van der Waals surface area contributed by atoms with Crippen LogP contribution in [0.5, 0.6) is 0 Å². The molecule has 0 bridgehead atoms. The Bertz CT molecular complexity index is 1530. The number of ether oxygens (including phenoxy) is 3. The molecule has 48 heavy (non-hydrogen) atoms. The lowest BCUT2D eigenvalue weighted by atomic mass is 10.2. The number of esters is 1. The molecule has 1 aliphatic heterocycles. The zero-order chi connectivity index (χ0) is 35.4. The van der Waals surface area contributed by atoms with Crippen molar-refractivity contribution in [3.8, 4) is 0 Å². The van der Waals surface area contributed by atoms with Gasteiger partial charge in [-0.15, -0.1) is 4.99 Å². The summed E-state index contributed by atoms with van der Waals surface area (Å²) in [5, 5.41) is 27.2. The Hall–Kier alpha value is -5.86. The number of aliphatic imine (C=N–C) groups is 1. The largest absolute Gasteiger partial charge is 0.490 e. The van der Waals surface area contributed by atoms with Crippen molar-refractivity contribution < 1.29 is 56.4 Å². The minimum absolute atomic E-state index is 0.232. The summed E-state index contributed by atoms with van der Waals surface area (Å²) in [6, 6.07) is 9.22. The molecule has 1 unspecified atom stereocenters. The summed E-state index contributed by atoms with van der Waals surface area (Å²) in [5.74, 6) is -4.51. The van der Waals surface area contributed by atoms with Crippen LogP contribution in [0.2, 0.25) is 0 Å². The second-order valence-electron chi connectivity index (χ2n) is 10.0. The Labute approximate surface area is 268 Å². The van der Waals surface area contributed by atoms with Crippen LogP contribution in [0.4, 0.5) is 34.1 Å². The first-order valence-electron chi connectivity index (χ1n) is 13.8. The number of alkyl halides is 3. The average molecular weight is 684 g/mol. The Morgan fingerprint density at radius 2 is 1.52 bits per heavy atom. The van der Waals surface area contributed by atoms with Crippen molar-refractivity contribution in [3.05, 3.63) is 79.9 Å². The van der Waals surface area contributed by atoms with Crippen LogP contribution in [0.25, 0.3) is 0 Å². The number of nitro groups is 2. The standard InChI is InChI=1S/C27H28F3N7O11/c28-27(29,30)23(39)48-21(11-22(38)33-18-9-10-32-12-18)13-35(26(41)47-15-17-3-7-20(8-4-17)37(44)45)24(31)34-25(40)46-14-16-1-5-19(6-2-16)36(42)43/h1-8,18,21,32H,9-15H2,(H,33,38)(H2,31,34,40)/t18-,21?/m0/s1. The maximum atomic E-state index is 13.1. The van der Waals surface area contributed by atoms with Gasteiger partial charge >= 0.3 is 24.3 Å². The molecule has 1 heterocycles. The van der Waals surface area contributed by atoms with E-state index >= 15 is 0 Å². The first-order valence-corrected chi connectivity index (χ1v) is 13.8. The van der Waals surface area contributed by atoms with E-state index < -0.39 is 78.3 Å². The molecule has 2 aromatic carbocycles. The maximum Gasteiger partial charge on any atom is 0.490 e. The van der Waals surface area contributed by atoms with E-state index in [0.29, 0.717) is 30.0 Å². The fourth-order valence-electron chi connectivity index (χ4n) is 4.08. The highest BCUT2D eigenvalue weighted by molar-refractivity contribution is 5.98. The molecule has 0 radical (unpaired) electrons. The molecule has 2 atom stereocenters. The van der Waals surface area contributed by atoms with Gasteiger partial charge in [0.2, 0.25) is 11.9 Å². The summed E-state index contributed by atoms with van der Waals surface area (Å²) in [4.78, 5) is 74.0. The van der Waals surface area contributed by atoms with Crippen LogP contribution >= 0.6 is 0 Å². The van der Waals surface area contributed by atoms with Gasteiger partial charge in [-0.2, -0.15) is 13.2 Å². The van der Waals surface area contributed by atoms with Crippen LogP contribution in [0.15, 0.2) is 53.5 Å². The molecule has 0 spiro atoms. The van der Waals surface area contributed by atoms with Crippen molar-refractivity contribution >= 4 is 41.4 Å². The number of hydrogen-bond acceptors (Lipinski definition) is 12. The van der Waals surface area contributed by atoms with Gasteiger partial charge in [0.15, 0.2) is 0 Å². The molecular weight excluding hydrogens is 655 g/mol. The Balaban J connectivity index is 1.81. The van der Waals surface area contributed by atoms with Crippen LogP contribution < -0.4 is 16.4 Å². The quantitative estimate of drug-likeness (QED) is 0.0727. The Morgan fingerprint density at radius 1 is 0.979 bits per heavy atom. The molecule has 0 aliphatic carbocycles. The van der Waals surface area contributed by atoms with Crippen molar-refractivity contribution in [1.82, 2.24) is 15.5 Å². The monoisotopic (exact) mass is 683 g/mol. The molecule has 0 aromatic heterocycles. The van der Waals surface area contributed by atoms with E-state index in [1.54, 1.807) is 0 Å². The molecule has 21 heteroatoms. The predicted molar refractivity (Wildman–Crippen MR) is 155 cm³/mol. The van der Waals surface area contributed by atoms with Crippen LogP contribution in [0.3, 0.4) is 0 Å². The van der Waals surface area contributed by atoms with Gasteiger partial charge in [-0.05, 0) is 48.4 Å². The number of nitro benzene ring substituents is 2. The number of amides is 3. The number of carbonyl (C=O) groups excluding carboxylic acids is 4. The summed E-state index contributed by atoms with van der Waals surface area (Å²) >= 11 is 0. The summed E-state index contributed by atoms with van der Waals surface area (Å²) in [7, 11) is 0. The third kappa shape index (κ3) is 11.5. The molecule has 4 N–H and O–H groups in total. The van der Waals surface area contributed by atoms with Crippen LogP contribution in [-0.4, -0.2) is 82.7 Å². The third-order valence-corrected chi connectivity index (χ3v) is 6.45. The van der Waals surface area contributed by atoms with E-state index in [1.165, 1.54) is 24.3 Å². The molecule has 0 saturated carbocycles. The van der Waals surface area contributed by atoms with Gasteiger partial charge in [0.05, 0.1) is 22.8 Å². The molecule has 1 fully saturated rings. The van der Waals surface area contributed by atoms with E-state index in [2.05, 4.69) is 20.4 Å².